The van der Waals surface area contributed by atoms with E-state index in [9.17, 15) is 8.42 Å². The number of hydrogen-bond acceptors (Lipinski definition) is 4. The standard InChI is InChI=1S/C13H18N2O2S/c1-10-7-12(8-14)3-4-13(10)9-18(16,17)6-5-11(2)15/h3-4,7,11H,5-6,9,15H2,1-2H3. The number of nitrogens with two attached hydrogens (primary N) is 1. The average Bonchev–Trinajstić information content (AvgIpc) is 2.29. The molecule has 5 heteroatoms. The third-order valence-electron chi connectivity index (χ3n) is 2.73. The van der Waals surface area contributed by atoms with Crippen LogP contribution in [-0.4, -0.2) is 20.2 Å². The number of sulfone groups is 1. The van der Waals surface area contributed by atoms with Gasteiger partial charge < -0.3 is 5.73 Å². The summed E-state index contributed by atoms with van der Waals surface area (Å²) in [6.07, 6.45) is 0.470. The number of rotatable bonds is 5. The third-order valence-corrected chi connectivity index (χ3v) is 4.34. The van der Waals surface area contributed by atoms with Crippen LogP contribution < -0.4 is 5.73 Å². The van der Waals surface area contributed by atoms with Crippen molar-refractivity contribution >= 4 is 9.84 Å². The fourth-order valence-electron chi connectivity index (χ4n) is 1.60. The Hall–Kier alpha value is -1.38. The zero-order valence-electron chi connectivity index (χ0n) is 10.7. The number of benzene rings is 1. The fourth-order valence-corrected chi connectivity index (χ4v) is 3.27. The van der Waals surface area contributed by atoms with Crippen LogP contribution in [0.4, 0.5) is 0 Å². The van der Waals surface area contributed by atoms with Gasteiger partial charge in [0.15, 0.2) is 9.84 Å². The van der Waals surface area contributed by atoms with E-state index < -0.39 is 9.84 Å². The first-order chi connectivity index (χ1) is 8.34. The summed E-state index contributed by atoms with van der Waals surface area (Å²) >= 11 is 0. The maximum absolute atomic E-state index is 11.9. The normalized spacial score (nSPS) is 13.0. The number of nitriles is 1. The van der Waals surface area contributed by atoms with Crippen molar-refractivity contribution in [3.05, 3.63) is 34.9 Å². The van der Waals surface area contributed by atoms with Crippen molar-refractivity contribution in [2.24, 2.45) is 5.73 Å². The van der Waals surface area contributed by atoms with E-state index in [4.69, 9.17) is 11.0 Å². The van der Waals surface area contributed by atoms with Crippen LogP contribution in [0.25, 0.3) is 0 Å². The summed E-state index contributed by atoms with van der Waals surface area (Å²) in [7, 11) is -3.13. The Labute approximate surface area is 108 Å². The first-order valence-corrected chi connectivity index (χ1v) is 7.62. The van der Waals surface area contributed by atoms with Gasteiger partial charge in [-0.15, -0.1) is 0 Å². The molecule has 1 aromatic rings. The SMILES string of the molecule is Cc1cc(C#N)ccc1CS(=O)(=O)CCC(C)N. The van der Waals surface area contributed by atoms with E-state index >= 15 is 0 Å². The summed E-state index contributed by atoms with van der Waals surface area (Å²) in [5.74, 6) is 0.112. The minimum Gasteiger partial charge on any atom is -0.328 e. The molecule has 4 nitrogen and oxygen atoms in total. The molecule has 1 aromatic carbocycles. The second-order valence-electron chi connectivity index (χ2n) is 4.61. The third kappa shape index (κ3) is 4.47. The van der Waals surface area contributed by atoms with E-state index in [0.29, 0.717) is 12.0 Å². The smallest absolute Gasteiger partial charge is 0.154 e. The van der Waals surface area contributed by atoms with Crippen LogP contribution in [-0.2, 0) is 15.6 Å². The molecular formula is C13H18N2O2S. The van der Waals surface area contributed by atoms with Gasteiger partial charge in [0.2, 0.25) is 0 Å². The van der Waals surface area contributed by atoms with Crippen molar-refractivity contribution < 1.29 is 8.42 Å². The summed E-state index contributed by atoms with van der Waals surface area (Å²) in [6.45, 7) is 3.61. The molecule has 0 aliphatic carbocycles. The highest BCUT2D eigenvalue weighted by Crippen LogP contribution is 2.15. The van der Waals surface area contributed by atoms with Crippen LogP contribution in [0.2, 0.25) is 0 Å². The van der Waals surface area contributed by atoms with E-state index in [-0.39, 0.29) is 17.5 Å². The highest BCUT2D eigenvalue weighted by atomic mass is 32.2. The molecule has 1 unspecified atom stereocenters. The summed E-state index contributed by atoms with van der Waals surface area (Å²) in [4.78, 5) is 0. The van der Waals surface area contributed by atoms with Gasteiger partial charge in [0.05, 0.1) is 23.1 Å². The van der Waals surface area contributed by atoms with Gasteiger partial charge in [0, 0.05) is 6.04 Å². The zero-order valence-corrected chi connectivity index (χ0v) is 11.5. The summed E-state index contributed by atoms with van der Waals surface area (Å²) < 4.78 is 23.8. The fraction of sp³-hybridized carbons (Fsp3) is 0.462. The van der Waals surface area contributed by atoms with Crippen LogP contribution in [0, 0.1) is 18.3 Å². The molecular weight excluding hydrogens is 248 g/mol. The Kier molecular flexibility index (Phi) is 4.88. The summed E-state index contributed by atoms with van der Waals surface area (Å²) in [6, 6.07) is 6.98. The zero-order chi connectivity index (χ0) is 13.8. The van der Waals surface area contributed by atoms with Crippen LogP contribution in [0.5, 0.6) is 0 Å². The molecule has 0 aliphatic rings. The first kappa shape index (κ1) is 14.7. The van der Waals surface area contributed by atoms with E-state index in [1.54, 1.807) is 25.1 Å². The van der Waals surface area contributed by atoms with Crippen LogP contribution in [0.1, 0.15) is 30.0 Å². The molecule has 1 atom stereocenters. The van der Waals surface area contributed by atoms with Crippen molar-refractivity contribution in [2.45, 2.75) is 32.1 Å². The Morgan fingerprint density at radius 2 is 2.11 bits per heavy atom. The molecule has 0 aliphatic heterocycles. The minimum atomic E-state index is -3.13. The van der Waals surface area contributed by atoms with Crippen molar-refractivity contribution in [1.29, 1.82) is 5.26 Å². The Morgan fingerprint density at radius 1 is 1.44 bits per heavy atom. The number of aryl methyl sites for hydroxylation is 1. The molecule has 18 heavy (non-hydrogen) atoms. The van der Waals surface area contributed by atoms with Crippen molar-refractivity contribution in [3.63, 3.8) is 0 Å². The van der Waals surface area contributed by atoms with Gasteiger partial charge in [-0.05, 0) is 43.5 Å². The number of nitrogens with zero attached hydrogens (tertiary/aromatic N) is 1. The van der Waals surface area contributed by atoms with Crippen molar-refractivity contribution in [1.82, 2.24) is 0 Å². The lowest BCUT2D eigenvalue weighted by molar-refractivity contribution is 0.586. The quantitative estimate of drug-likeness (QED) is 0.875. The Balaban J connectivity index is 2.82. The molecule has 0 aromatic heterocycles. The van der Waals surface area contributed by atoms with Gasteiger partial charge in [-0.2, -0.15) is 5.26 Å². The lowest BCUT2D eigenvalue weighted by Gasteiger charge is -2.09. The lowest BCUT2D eigenvalue weighted by Crippen LogP contribution is -2.21. The molecule has 0 spiro atoms. The van der Waals surface area contributed by atoms with Gasteiger partial charge in [-0.3, -0.25) is 0 Å². The van der Waals surface area contributed by atoms with E-state index in [0.717, 1.165) is 11.1 Å². The molecule has 0 amide bonds. The topological polar surface area (TPSA) is 84.0 Å². The van der Waals surface area contributed by atoms with Gasteiger partial charge in [-0.1, -0.05) is 6.07 Å². The van der Waals surface area contributed by atoms with Crippen LogP contribution in [0.15, 0.2) is 18.2 Å². The largest absolute Gasteiger partial charge is 0.328 e. The summed E-state index contributed by atoms with van der Waals surface area (Å²) in [5, 5.41) is 8.75. The minimum absolute atomic E-state index is 0.0112. The molecule has 0 fully saturated rings. The maximum atomic E-state index is 11.9. The highest BCUT2D eigenvalue weighted by molar-refractivity contribution is 7.90. The van der Waals surface area contributed by atoms with Crippen LogP contribution >= 0.6 is 0 Å². The van der Waals surface area contributed by atoms with Gasteiger partial charge in [0.25, 0.3) is 0 Å². The van der Waals surface area contributed by atoms with Crippen molar-refractivity contribution in [3.8, 4) is 6.07 Å². The van der Waals surface area contributed by atoms with Crippen LogP contribution in [0.3, 0.4) is 0 Å². The maximum Gasteiger partial charge on any atom is 0.154 e. The van der Waals surface area contributed by atoms with Gasteiger partial charge in [-0.25, -0.2) is 8.42 Å². The molecule has 0 saturated carbocycles. The van der Waals surface area contributed by atoms with E-state index in [1.165, 1.54) is 0 Å². The van der Waals surface area contributed by atoms with Crippen molar-refractivity contribution in [2.75, 3.05) is 5.75 Å². The van der Waals surface area contributed by atoms with E-state index in [1.807, 2.05) is 13.0 Å². The summed E-state index contributed by atoms with van der Waals surface area (Å²) in [5.41, 5.74) is 7.69. The molecule has 1 rings (SSSR count). The molecule has 0 radical (unpaired) electrons. The average molecular weight is 266 g/mol. The molecule has 0 saturated heterocycles. The Morgan fingerprint density at radius 3 is 2.61 bits per heavy atom. The lowest BCUT2D eigenvalue weighted by atomic mass is 10.1. The monoisotopic (exact) mass is 266 g/mol. The second-order valence-corrected chi connectivity index (χ2v) is 6.80. The second kappa shape index (κ2) is 5.98. The predicted octanol–water partition coefficient (Wildman–Crippen LogP) is 1.52. The molecule has 0 heterocycles. The first-order valence-electron chi connectivity index (χ1n) is 5.79. The molecule has 0 bridgehead atoms. The predicted molar refractivity (Wildman–Crippen MR) is 71.7 cm³/mol. The highest BCUT2D eigenvalue weighted by Gasteiger charge is 2.14. The van der Waals surface area contributed by atoms with Gasteiger partial charge in [0.1, 0.15) is 0 Å². The molecule has 98 valence electrons. The Bertz CT molecular complexity index is 557. The van der Waals surface area contributed by atoms with E-state index in [2.05, 4.69) is 0 Å². The van der Waals surface area contributed by atoms with Gasteiger partial charge >= 0.3 is 0 Å². The number of hydrogen-bond donors (Lipinski definition) is 1. The molecule has 2 N–H and O–H groups in total.